The SMILES string of the molecule is NS(=O)(=O)c1ccc(NC(=O)COc2cccc(Cl)c2)cc1. The van der Waals surface area contributed by atoms with Crippen LogP contribution in [0.3, 0.4) is 0 Å². The number of nitrogens with two attached hydrogens (primary N) is 1. The van der Waals surface area contributed by atoms with Gasteiger partial charge in [0.1, 0.15) is 5.75 Å². The van der Waals surface area contributed by atoms with Crippen molar-refractivity contribution in [2.75, 3.05) is 11.9 Å². The summed E-state index contributed by atoms with van der Waals surface area (Å²) in [7, 11) is -3.75. The number of rotatable bonds is 5. The van der Waals surface area contributed by atoms with Crippen molar-refractivity contribution in [1.82, 2.24) is 0 Å². The van der Waals surface area contributed by atoms with Gasteiger partial charge in [0.05, 0.1) is 4.90 Å². The van der Waals surface area contributed by atoms with Crippen molar-refractivity contribution >= 4 is 33.2 Å². The summed E-state index contributed by atoms with van der Waals surface area (Å²) in [6, 6.07) is 12.2. The molecule has 0 radical (unpaired) electrons. The molecule has 2 aromatic carbocycles. The lowest BCUT2D eigenvalue weighted by atomic mass is 10.3. The molecule has 116 valence electrons. The van der Waals surface area contributed by atoms with E-state index in [-0.39, 0.29) is 17.4 Å². The first kappa shape index (κ1) is 16.3. The van der Waals surface area contributed by atoms with Crippen LogP contribution in [0.2, 0.25) is 5.02 Å². The molecule has 0 heterocycles. The van der Waals surface area contributed by atoms with E-state index in [1.807, 2.05) is 0 Å². The molecule has 0 aliphatic rings. The fraction of sp³-hybridized carbons (Fsp3) is 0.0714. The van der Waals surface area contributed by atoms with E-state index in [0.29, 0.717) is 16.5 Å². The van der Waals surface area contributed by atoms with Gasteiger partial charge in [-0.15, -0.1) is 0 Å². The van der Waals surface area contributed by atoms with Gasteiger partial charge in [-0.05, 0) is 42.5 Å². The highest BCUT2D eigenvalue weighted by atomic mass is 35.5. The van der Waals surface area contributed by atoms with Gasteiger partial charge in [0.25, 0.3) is 5.91 Å². The first-order valence-corrected chi connectivity index (χ1v) is 8.08. The first-order chi connectivity index (χ1) is 10.3. The summed E-state index contributed by atoms with van der Waals surface area (Å²) in [6.45, 7) is -0.197. The normalized spacial score (nSPS) is 11.0. The maximum absolute atomic E-state index is 11.7. The van der Waals surface area contributed by atoms with Gasteiger partial charge >= 0.3 is 0 Å². The monoisotopic (exact) mass is 340 g/mol. The number of carbonyl (C=O) groups is 1. The van der Waals surface area contributed by atoms with E-state index >= 15 is 0 Å². The van der Waals surface area contributed by atoms with Crippen molar-refractivity contribution < 1.29 is 17.9 Å². The number of anilines is 1. The topological polar surface area (TPSA) is 98.5 Å². The standard InChI is InChI=1S/C14H13ClN2O4S/c15-10-2-1-3-12(8-10)21-9-14(18)17-11-4-6-13(7-5-11)22(16,19)20/h1-8H,9H2,(H,17,18)(H2,16,19,20). The Hall–Kier alpha value is -2.09. The van der Waals surface area contributed by atoms with E-state index < -0.39 is 10.0 Å². The molecular weight excluding hydrogens is 328 g/mol. The first-order valence-electron chi connectivity index (χ1n) is 6.16. The molecule has 0 unspecified atom stereocenters. The lowest BCUT2D eigenvalue weighted by molar-refractivity contribution is -0.118. The second-order valence-corrected chi connectivity index (χ2v) is 6.36. The Bertz CT molecular complexity index is 776. The third-order valence-corrected chi connectivity index (χ3v) is 3.80. The molecule has 0 bridgehead atoms. The van der Waals surface area contributed by atoms with Gasteiger partial charge in [0, 0.05) is 10.7 Å². The van der Waals surface area contributed by atoms with E-state index in [2.05, 4.69) is 5.32 Å². The largest absolute Gasteiger partial charge is 0.484 e. The number of carbonyl (C=O) groups excluding carboxylic acids is 1. The number of sulfonamides is 1. The van der Waals surface area contributed by atoms with E-state index in [4.69, 9.17) is 21.5 Å². The lowest BCUT2D eigenvalue weighted by Gasteiger charge is -2.08. The van der Waals surface area contributed by atoms with E-state index in [1.165, 1.54) is 24.3 Å². The molecule has 2 aromatic rings. The molecular formula is C14H13ClN2O4S. The van der Waals surface area contributed by atoms with Gasteiger partial charge in [-0.2, -0.15) is 0 Å². The van der Waals surface area contributed by atoms with Crippen LogP contribution in [-0.4, -0.2) is 20.9 Å². The van der Waals surface area contributed by atoms with Crippen molar-refractivity contribution in [2.45, 2.75) is 4.90 Å². The summed E-state index contributed by atoms with van der Waals surface area (Å²) in [5, 5.41) is 8.07. The fourth-order valence-electron chi connectivity index (χ4n) is 1.63. The van der Waals surface area contributed by atoms with E-state index in [0.717, 1.165) is 0 Å². The molecule has 1 amide bonds. The number of benzene rings is 2. The number of ether oxygens (including phenoxy) is 1. The number of halogens is 1. The summed E-state index contributed by atoms with van der Waals surface area (Å²) in [5.74, 6) is 0.0931. The molecule has 0 saturated heterocycles. The lowest BCUT2D eigenvalue weighted by Crippen LogP contribution is -2.20. The van der Waals surface area contributed by atoms with Crippen LogP contribution in [0.25, 0.3) is 0 Å². The Morgan fingerprint density at radius 2 is 1.86 bits per heavy atom. The predicted octanol–water partition coefficient (Wildman–Crippen LogP) is 2.00. The Labute approximate surface area is 132 Å². The van der Waals surface area contributed by atoms with Crippen LogP contribution in [-0.2, 0) is 14.8 Å². The van der Waals surface area contributed by atoms with Crippen molar-refractivity contribution in [3.05, 3.63) is 53.6 Å². The Morgan fingerprint density at radius 1 is 1.18 bits per heavy atom. The van der Waals surface area contributed by atoms with Crippen LogP contribution in [0.15, 0.2) is 53.4 Å². The minimum Gasteiger partial charge on any atom is -0.484 e. The summed E-state index contributed by atoms with van der Waals surface area (Å²) < 4.78 is 27.5. The number of primary sulfonamides is 1. The molecule has 22 heavy (non-hydrogen) atoms. The molecule has 0 saturated carbocycles. The van der Waals surface area contributed by atoms with Gasteiger partial charge in [-0.1, -0.05) is 17.7 Å². The van der Waals surface area contributed by atoms with Gasteiger partial charge in [0.2, 0.25) is 10.0 Å². The third-order valence-electron chi connectivity index (χ3n) is 2.63. The molecule has 3 N–H and O–H groups in total. The number of hydrogen-bond donors (Lipinski definition) is 2. The van der Waals surface area contributed by atoms with Crippen LogP contribution in [0, 0.1) is 0 Å². The number of nitrogens with one attached hydrogen (secondary N) is 1. The minimum absolute atomic E-state index is 0.0272. The Morgan fingerprint density at radius 3 is 2.45 bits per heavy atom. The predicted molar refractivity (Wildman–Crippen MR) is 83.4 cm³/mol. The van der Waals surface area contributed by atoms with Crippen molar-refractivity contribution in [3.63, 3.8) is 0 Å². The molecule has 0 aliphatic carbocycles. The van der Waals surface area contributed by atoms with E-state index in [1.54, 1.807) is 24.3 Å². The highest BCUT2D eigenvalue weighted by Crippen LogP contribution is 2.17. The maximum atomic E-state index is 11.7. The van der Waals surface area contributed by atoms with E-state index in [9.17, 15) is 13.2 Å². The number of hydrogen-bond acceptors (Lipinski definition) is 4. The molecule has 0 aromatic heterocycles. The molecule has 6 nitrogen and oxygen atoms in total. The van der Waals surface area contributed by atoms with Crippen molar-refractivity contribution in [3.8, 4) is 5.75 Å². The van der Waals surface area contributed by atoms with Crippen LogP contribution in [0.1, 0.15) is 0 Å². The maximum Gasteiger partial charge on any atom is 0.262 e. The zero-order valence-electron chi connectivity index (χ0n) is 11.3. The summed E-state index contributed by atoms with van der Waals surface area (Å²) in [5.41, 5.74) is 0.437. The molecule has 0 aliphatic heterocycles. The number of amides is 1. The summed E-state index contributed by atoms with van der Waals surface area (Å²) >= 11 is 5.80. The highest BCUT2D eigenvalue weighted by molar-refractivity contribution is 7.89. The zero-order chi connectivity index (χ0) is 16.2. The van der Waals surface area contributed by atoms with Crippen LogP contribution >= 0.6 is 11.6 Å². The van der Waals surface area contributed by atoms with Gasteiger partial charge in [-0.25, -0.2) is 13.6 Å². The quantitative estimate of drug-likeness (QED) is 0.869. The van der Waals surface area contributed by atoms with Crippen LogP contribution in [0.5, 0.6) is 5.75 Å². The Balaban J connectivity index is 1.92. The average molecular weight is 341 g/mol. The third kappa shape index (κ3) is 4.73. The minimum atomic E-state index is -3.75. The molecule has 0 fully saturated rings. The summed E-state index contributed by atoms with van der Waals surface area (Å²) in [4.78, 5) is 11.7. The van der Waals surface area contributed by atoms with Crippen molar-refractivity contribution in [1.29, 1.82) is 0 Å². The van der Waals surface area contributed by atoms with Gasteiger partial charge in [-0.3, -0.25) is 4.79 Å². The van der Waals surface area contributed by atoms with Crippen LogP contribution in [0.4, 0.5) is 5.69 Å². The van der Waals surface area contributed by atoms with Gasteiger partial charge in [0.15, 0.2) is 6.61 Å². The van der Waals surface area contributed by atoms with Gasteiger partial charge < -0.3 is 10.1 Å². The highest BCUT2D eigenvalue weighted by Gasteiger charge is 2.08. The van der Waals surface area contributed by atoms with Crippen molar-refractivity contribution in [2.24, 2.45) is 5.14 Å². The molecule has 0 atom stereocenters. The smallest absolute Gasteiger partial charge is 0.262 e. The Kier molecular flexibility index (Phi) is 5.02. The second-order valence-electron chi connectivity index (χ2n) is 4.36. The second kappa shape index (κ2) is 6.78. The average Bonchev–Trinajstić information content (AvgIpc) is 2.45. The van der Waals surface area contributed by atoms with Crippen LogP contribution < -0.4 is 15.2 Å². The molecule has 8 heteroatoms. The summed E-state index contributed by atoms with van der Waals surface area (Å²) in [6.07, 6.45) is 0. The molecule has 2 rings (SSSR count). The zero-order valence-corrected chi connectivity index (χ0v) is 12.9. The molecule has 0 spiro atoms. The fourth-order valence-corrected chi connectivity index (χ4v) is 2.33.